The Morgan fingerprint density at radius 3 is 2.25 bits per heavy atom. The fourth-order valence-corrected chi connectivity index (χ4v) is 2.51. The molecule has 0 saturated heterocycles. The standard InChI is InChI=1S/C17H16O2S/c1-12(17(19)20-2)14-9-6-10-15(11-14)16(18)13-7-4-3-5-8-13/h3-12H,1-2H3. The lowest BCUT2D eigenvalue weighted by molar-refractivity contribution is -0.111. The molecular formula is C17H16O2S. The summed E-state index contributed by atoms with van der Waals surface area (Å²) in [6, 6.07) is 16.5. The first-order valence-corrected chi connectivity index (χ1v) is 7.63. The van der Waals surface area contributed by atoms with Crippen LogP contribution in [0.3, 0.4) is 0 Å². The molecule has 102 valence electrons. The molecule has 0 N–H and O–H groups in total. The number of carbonyl (C=O) groups excluding carboxylic acids is 2. The highest BCUT2D eigenvalue weighted by Crippen LogP contribution is 2.22. The van der Waals surface area contributed by atoms with E-state index in [0.29, 0.717) is 11.1 Å². The van der Waals surface area contributed by atoms with Gasteiger partial charge >= 0.3 is 0 Å². The van der Waals surface area contributed by atoms with Crippen LogP contribution in [-0.2, 0) is 4.79 Å². The molecule has 0 spiro atoms. The van der Waals surface area contributed by atoms with Gasteiger partial charge in [0.1, 0.15) is 0 Å². The topological polar surface area (TPSA) is 34.1 Å². The van der Waals surface area contributed by atoms with Gasteiger partial charge < -0.3 is 0 Å². The van der Waals surface area contributed by atoms with Gasteiger partial charge in [-0.3, -0.25) is 9.59 Å². The molecule has 2 nitrogen and oxygen atoms in total. The first kappa shape index (κ1) is 14.5. The first-order valence-electron chi connectivity index (χ1n) is 6.41. The van der Waals surface area contributed by atoms with Crippen molar-refractivity contribution < 1.29 is 9.59 Å². The van der Waals surface area contributed by atoms with Gasteiger partial charge in [0, 0.05) is 11.1 Å². The number of benzene rings is 2. The van der Waals surface area contributed by atoms with Gasteiger partial charge in [0.05, 0.1) is 5.92 Å². The maximum absolute atomic E-state index is 12.4. The molecule has 0 bridgehead atoms. The summed E-state index contributed by atoms with van der Waals surface area (Å²) in [5.74, 6) is -0.218. The summed E-state index contributed by atoms with van der Waals surface area (Å²) in [6.45, 7) is 1.87. The molecule has 2 rings (SSSR count). The minimum Gasteiger partial charge on any atom is -0.289 e. The highest BCUT2D eigenvalue weighted by molar-refractivity contribution is 8.13. The van der Waals surface area contributed by atoms with Crippen molar-refractivity contribution in [3.8, 4) is 0 Å². The normalized spacial score (nSPS) is 11.9. The molecule has 0 radical (unpaired) electrons. The second-order valence-electron chi connectivity index (χ2n) is 4.57. The van der Waals surface area contributed by atoms with Crippen molar-refractivity contribution in [2.75, 3.05) is 6.26 Å². The second kappa shape index (κ2) is 6.53. The average Bonchev–Trinajstić information content (AvgIpc) is 2.53. The van der Waals surface area contributed by atoms with Crippen molar-refractivity contribution in [3.63, 3.8) is 0 Å². The maximum Gasteiger partial charge on any atom is 0.195 e. The summed E-state index contributed by atoms with van der Waals surface area (Å²) < 4.78 is 0. The third kappa shape index (κ3) is 3.17. The van der Waals surface area contributed by atoms with Crippen molar-refractivity contribution in [1.82, 2.24) is 0 Å². The van der Waals surface area contributed by atoms with E-state index in [1.165, 1.54) is 11.8 Å². The minimum atomic E-state index is -0.200. The Labute approximate surface area is 123 Å². The predicted molar refractivity (Wildman–Crippen MR) is 83.3 cm³/mol. The van der Waals surface area contributed by atoms with Gasteiger partial charge in [-0.2, -0.15) is 0 Å². The van der Waals surface area contributed by atoms with Crippen LogP contribution in [-0.4, -0.2) is 17.2 Å². The van der Waals surface area contributed by atoms with E-state index < -0.39 is 0 Å². The number of carbonyl (C=O) groups is 2. The average molecular weight is 284 g/mol. The van der Waals surface area contributed by atoms with E-state index in [-0.39, 0.29) is 16.8 Å². The second-order valence-corrected chi connectivity index (χ2v) is 5.38. The molecule has 0 aromatic heterocycles. The van der Waals surface area contributed by atoms with Crippen LogP contribution >= 0.6 is 11.8 Å². The van der Waals surface area contributed by atoms with Crippen molar-refractivity contribution in [3.05, 3.63) is 71.3 Å². The Hall–Kier alpha value is -1.87. The Kier molecular flexibility index (Phi) is 4.74. The Morgan fingerprint density at radius 2 is 1.60 bits per heavy atom. The minimum absolute atomic E-state index is 0.0174. The van der Waals surface area contributed by atoms with Crippen LogP contribution in [0.15, 0.2) is 54.6 Å². The summed E-state index contributed by atoms with van der Waals surface area (Å²) in [4.78, 5) is 24.1. The van der Waals surface area contributed by atoms with E-state index in [2.05, 4.69) is 0 Å². The smallest absolute Gasteiger partial charge is 0.195 e. The predicted octanol–water partition coefficient (Wildman–Crippen LogP) is 3.91. The van der Waals surface area contributed by atoms with Gasteiger partial charge in [0.25, 0.3) is 0 Å². The van der Waals surface area contributed by atoms with Crippen LogP contribution in [0.25, 0.3) is 0 Å². The van der Waals surface area contributed by atoms with Crippen molar-refractivity contribution in [2.24, 2.45) is 0 Å². The number of rotatable bonds is 4. The Balaban J connectivity index is 2.31. The highest BCUT2D eigenvalue weighted by atomic mass is 32.2. The molecule has 1 unspecified atom stereocenters. The molecule has 2 aromatic rings. The van der Waals surface area contributed by atoms with E-state index in [0.717, 1.165) is 5.56 Å². The number of hydrogen-bond donors (Lipinski definition) is 0. The fourth-order valence-electron chi connectivity index (χ4n) is 2.02. The lowest BCUT2D eigenvalue weighted by Crippen LogP contribution is -2.07. The molecule has 20 heavy (non-hydrogen) atoms. The van der Waals surface area contributed by atoms with Crippen LogP contribution in [0.5, 0.6) is 0 Å². The zero-order chi connectivity index (χ0) is 14.5. The summed E-state index contributed by atoms with van der Waals surface area (Å²) in [6.07, 6.45) is 1.78. The number of thioether (sulfide) groups is 1. The van der Waals surface area contributed by atoms with E-state index in [1.807, 2.05) is 43.3 Å². The first-order chi connectivity index (χ1) is 9.63. The number of ketones is 1. The molecule has 0 saturated carbocycles. The molecule has 2 aromatic carbocycles. The maximum atomic E-state index is 12.4. The van der Waals surface area contributed by atoms with E-state index in [1.54, 1.807) is 24.5 Å². The fraction of sp³-hybridized carbons (Fsp3) is 0.176. The van der Waals surface area contributed by atoms with E-state index >= 15 is 0 Å². The molecule has 0 amide bonds. The number of hydrogen-bond acceptors (Lipinski definition) is 3. The summed E-state index contributed by atoms with van der Waals surface area (Å²) in [7, 11) is 0. The largest absolute Gasteiger partial charge is 0.289 e. The van der Waals surface area contributed by atoms with Crippen molar-refractivity contribution in [2.45, 2.75) is 12.8 Å². The van der Waals surface area contributed by atoms with Gasteiger partial charge in [-0.25, -0.2) is 0 Å². The van der Waals surface area contributed by atoms with Crippen LogP contribution in [0, 0.1) is 0 Å². The lowest BCUT2D eigenvalue weighted by Gasteiger charge is -2.10. The van der Waals surface area contributed by atoms with Gasteiger partial charge in [-0.15, -0.1) is 0 Å². The van der Waals surface area contributed by atoms with Gasteiger partial charge in [-0.05, 0) is 17.9 Å². The monoisotopic (exact) mass is 284 g/mol. The Morgan fingerprint density at radius 1 is 0.950 bits per heavy atom. The van der Waals surface area contributed by atoms with Gasteiger partial charge in [0.15, 0.2) is 10.9 Å². The zero-order valence-electron chi connectivity index (χ0n) is 11.5. The zero-order valence-corrected chi connectivity index (χ0v) is 12.3. The summed E-state index contributed by atoms with van der Waals surface area (Å²) >= 11 is 1.21. The molecule has 0 aliphatic carbocycles. The van der Waals surface area contributed by atoms with E-state index in [4.69, 9.17) is 0 Å². The summed E-state index contributed by atoms with van der Waals surface area (Å²) in [5.41, 5.74) is 2.16. The van der Waals surface area contributed by atoms with Gasteiger partial charge in [-0.1, -0.05) is 67.2 Å². The van der Waals surface area contributed by atoms with Crippen LogP contribution in [0.2, 0.25) is 0 Å². The SMILES string of the molecule is CSC(=O)C(C)c1cccc(C(=O)c2ccccc2)c1. The molecule has 0 aliphatic rings. The van der Waals surface area contributed by atoms with E-state index in [9.17, 15) is 9.59 Å². The quantitative estimate of drug-likeness (QED) is 0.798. The third-order valence-electron chi connectivity index (χ3n) is 3.24. The summed E-state index contributed by atoms with van der Waals surface area (Å²) in [5, 5.41) is 0.106. The van der Waals surface area contributed by atoms with Crippen molar-refractivity contribution in [1.29, 1.82) is 0 Å². The van der Waals surface area contributed by atoms with Crippen molar-refractivity contribution >= 4 is 22.7 Å². The Bertz CT molecular complexity index is 620. The van der Waals surface area contributed by atoms with Gasteiger partial charge in [0.2, 0.25) is 0 Å². The van der Waals surface area contributed by atoms with Crippen LogP contribution < -0.4 is 0 Å². The molecule has 0 fully saturated rings. The molecule has 0 aliphatic heterocycles. The van der Waals surface area contributed by atoms with Crippen LogP contribution in [0.4, 0.5) is 0 Å². The molecule has 0 heterocycles. The lowest BCUT2D eigenvalue weighted by atomic mass is 9.96. The van der Waals surface area contributed by atoms with Crippen LogP contribution in [0.1, 0.15) is 34.3 Å². The molecule has 1 atom stereocenters. The highest BCUT2D eigenvalue weighted by Gasteiger charge is 2.16. The molecule has 3 heteroatoms. The molecular weight excluding hydrogens is 268 g/mol. The third-order valence-corrected chi connectivity index (χ3v) is 4.00.